The van der Waals surface area contributed by atoms with Crippen LogP contribution in [-0.2, 0) is 0 Å². The Morgan fingerprint density at radius 2 is 1.84 bits per heavy atom. The lowest BCUT2D eigenvalue weighted by molar-refractivity contribution is 0.107. The highest BCUT2D eigenvalue weighted by Gasteiger charge is 2.49. The van der Waals surface area contributed by atoms with Crippen LogP contribution in [0.3, 0.4) is 0 Å². The molecule has 1 aromatic carbocycles. The van der Waals surface area contributed by atoms with E-state index in [1.54, 1.807) is 0 Å². The predicted molar refractivity (Wildman–Crippen MR) is 153 cm³/mol. The molecule has 43 heavy (non-hydrogen) atoms. The fourth-order valence-electron chi connectivity index (χ4n) is 7.58. The first-order chi connectivity index (χ1) is 20.8. The van der Waals surface area contributed by atoms with Gasteiger partial charge < -0.3 is 20.7 Å². The third-order valence-electron chi connectivity index (χ3n) is 9.52. The maximum absolute atomic E-state index is 16.6. The van der Waals surface area contributed by atoms with Crippen molar-refractivity contribution in [3.8, 4) is 17.4 Å². The number of ether oxygens (including phenoxy) is 1. The molecule has 4 aliphatic rings. The number of anilines is 2. The summed E-state index contributed by atoms with van der Waals surface area (Å²) in [4.78, 5) is 21.9. The lowest BCUT2D eigenvalue weighted by Crippen LogP contribution is -2.51. The third kappa shape index (κ3) is 4.35. The maximum Gasteiger partial charge on any atom is 0.319 e. The van der Waals surface area contributed by atoms with E-state index in [2.05, 4.69) is 30.1 Å². The van der Waals surface area contributed by atoms with Gasteiger partial charge in [-0.1, -0.05) is 6.07 Å². The van der Waals surface area contributed by atoms with Crippen molar-refractivity contribution in [1.82, 2.24) is 30.2 Å². The number of benzene rings is 1. The monoisotopic (exact) mass is 594 g/mol. The average molecular weight is 595 g/mol. The molecule has 0 saturated carbocycles. The zero-order chi connectivity index (χ0) is 29.5. The van der Waals surface area contributed by atoms with Gasteiger partial charge in [0.1, 0.15) is 41.3 Å². The molecule has 7 heterocycles. The van der Waals surface area contributed by atoms with Gasteiger partial charge in [-0.15, -0.1) is 0 Å². The average Bonchev–Trinajstić information content (AvgIpc) is 3.63. The number of halogens is 4. The lowest BCUT2D eigenvalue weighted by Gasteiger charge is -2.34. The van der Waals surface area contributed by atoms with Gasteiger partial charge in [0.25, 0.3) is 0 Å². The molecule has 4 aliphatic heterocycles. The van der Waals surface area contributed by atoms with Crippen molar-refractivity contribution >= 4 is 33.3 Å². The van der Waals surface area contributed by atoms with E-state index < -0.39 is 29.2 Å². The van der Waals surface area contributed by atoms with Crippen molar-refractivity contribution in [2.75, 3.05) is 43.4 Å². The second kappa shape index (κ2) is 9.84. The molecule has 4 saturated heterocycles. The molecule has 0 unspecified atom stereocenters. The molecular formula is C30H30F4N8O. The van der Waals surface area contributed by atoms with Gasteiger partial charge in [-0.25, -0.2) is 22.5 Å². The summed E-state index contributed by atoms with van der Waals surface area (Å²) < 4.78 is 66.5. The molecule has 0 spiro atoms. The van der Waals surface area contributed by atoms with Crippen LogP contribution in [0.2, 0.25) is 0 Å². The third-order valence-corrected chi connectivity index (χ3v) is 9.52. The van der Waals surface area contributed by atoms with Crippen LogP contribution in [0.25, 0.3) is 33.1 Å². The molecule has 4 aromatic rings. The number of rotatable bonds is 5. The van der Waals surface area contributed by atoms with Crippen molar-refractivity contribution in [2.24, 2.45) is 0 Å². The molecule has 3 aromatic heterocycles. The number of pyridine rings is 2. The number of hydrogen-bond acceptors (Lipinski definition) is 9. The number of hydrogen-bond donors (Lipinski definition) is 2. The van der Waals surface area contributed by atoms with E-state index in [-0.39, 0.29) is 58.2 Å². The number of nitrogens with one attached hydrogen (secondary N) is 1. The molecule has 0 radical (unpaired) electrons. The highest BCUT2D eigenvalue weighted by Crippen LogP contribution is 2.41. The SMILES string of the molecule is Nc1cc2ccc(F)c(F)c2c(-c2ncc3c(N4C[C@H]5CC[C@@H](C4)N5)nc(OC[C@@]45CCCN4C[C@H](F)C5)nc3c2F)n1. The molecule has 4 atom stereocenters. The molecule has 3 N–H and O–H groups in total. The Balaban J connectivity index is 1.26. The Hall–Kier alpha value is -3.84. The Kier molecular flexibility index (Phi) is 6.13. The molecule has 224 valence electrons. The molecule has 13 heteroatoms. The standard InChI is InChI=1S/C30H30F4N8O/c31-16-9-30(6-1-7-42(30)11-16)14-43-29-39-25-19(28(40-29)41-12-17-3-4-18(13-41)37-17)10-36-27(24(25)34)26-22-15(8-21(35)38-26)2-5-20(32)23(22)33/h2,5,8,10,16-18,37H,1,3-4,6-7,9,11-14H2,(H2,35,38)/t16-,17-,18+,30+/m1/s1. The molecule has 0 aliphatic carbocycles. The number of nitrogens with zero attached hydrogens (tertiary/aromatic N) is 6. The summed E-state index contributed by atoms with van der Waals surface area (Å²) in [5.74, 6) is -2.67. The van der Waals surface area contributed by atoms with Crippen LogP contribution in [0.4, 0.5) is 29.2 Å². The number of aromatic nitrogens is 4. The van der Waals surface area contributed by atoms with E-state index >= 15 is 8.78 Å². The van der Waals surface area contributed by atoms with E-state index in [0.29, 0.717) is 37.3 Å². The first-order valence-electron chi connectivity index (χ1n) is 14.7. The number of alkyl halides is 1. The van der Waals surface area contributed by atoms with E-state index in [4.69, 9.17) is 15.5 Å². The van der Waals surface area contributed by atoms with Crippen molar-refractivity contribution in [1.29, 1.82) is 0 Å². The first kappa shape index (κ1) is 26.8. The quantitative estimate of drug-likeness (QED) is 0.330. The fraction of sp³-hybridized carbons (Fsp3) is 0.467. The first-order valence-corrected chi connectivity index (χ1v) is 14.7. The van der Waals surface area contributed by atoms with Crippen molar-refractivity contribution in [2.45, 2.75) is 55.9 Å². The van der Waals surface area contributed by atoms with E-state index in [1.165, 1.54) is 18.3 Å². The van der Waals surface area contributed by atoms with Crippen LogP contribution in [0.5, 0.6) is 6.01 Å². The minimum Gasteiger partial charge on any atom is -0.461 e. The van der Waals surface area contributed by atoms with Gasteiger partial charge in [-0.3, -0.25) is 9.88 Å². The van der Waals surface area contributed by atoms with Crippen LogP contribution >= 0.6 is 0 Å². The zero-order valence-electron chi connectivity index (χ0n) is 23.3. The second-order valence-corrected chi connectivity index (χ2v) is 12.3. The van der Waals surface area contributed by atoms with Crippen molar-refractivity contribution in [3.05, 3.63) is 41.8 Å². The van der Waals surface area contributed by atoms with Gasteiger partial charge in [0, 0.05) is 49.7 Å². The summed E-state index contributed by atoms with van der Waals surface area (Å²) in [5, 5.41) is 3.97. The Bertz CT molecular complexity index is 1760. The summed E-state index contributed by atoms with van der Waals surface area (Å²) in [6.45, 7) is 2.69. The van der Waals surface area contributed by atoms with Crippen LogP contribution in [0.1, 0.15) is 32.1 Å². The largest absolute Gasteiger partial charge is 0.461 e. The van der Waals surface area contributed by atoms with Gasteiger partial charge in [-0.05, 0) is 49.7 Å². The zero-order valence-corrected chi connectivity index (χ0v) is 23.3. The van der Waals surface area contributed by atoms with Crippen LogP contribution in [-0.4, -0.2) is 81.4 Å². The van der Waals surface area contributed by atoms with Gasteiger partial charge in [0.2, 0.25) is 0 Å². The van der Waals surface area contributed by atoms with Gasteiger partial charge >= 0.3 is 6.01 Å². The summed E-state index contributed by atoms with van der Waals surface area (Å²) in [7, 11) is 0. The minimum absolute atomic E-state index is 0.00148. The molecule has 2 bridgehead atoms. The van der Waals surface area contributed by atoms with E-state index in [1.807, 2.05) is 0 Å². The van der Waals surface area contributed by atoms with Gasteiger partial charge in [-0.2, -0.15) is 9.97 Å². The number of piperazine rings is 1. The molecule has 9 nitrogen and oxygen atoms in total. The highest BCUT2D eigenvalue weighted by molar-refractivity contribution is 5.99. The number of nitrogen functional groups attached to an aromatic ring is 1. The second-order valence-electron chi connectivity index (χ2n) is 12.3. The summed E-state index contributed by atoms with van der Waals surface area (Å²) in [6, 6.07) is 4.25. The van der Waals surface area contributed by atoms with E-state index in [9.17, 15) is 8.78 Å². The van der Waals surface area contributed by atoms with Gasteiger partial charge in [0.15, 0.2) is 17.5 Å². The Morgan fingerprint density at radius 1 is 1.02 bits per heavy atom. The summed E-state index contributed by atoms with van der Waals surface area (Å²) >= 11 is 0. The number of nitrogens with two attached hydrogens (primary N) is 1. The molecule has 0 amide bonds. The fourth-order valence-corrected chi connectivity index (χ4v) is 7.58. The topological polar surface area (TPSA) is 105 Å². The van der Waals surface area contributed by atoms with Crippen molar-refractivity contribution < 1.29 is 22.3 Å². The van der Waals surface area contributed by atoms with Crippen LogP contribution in [0.15, 0.2) is 24.4 Å². The molecular weight excluding hydrogens is 564 g/mol. The van der Waals surface area contributed by atoms with Gasteiger partial charge in [0.05, 0.1) is 10.9 Å². The lowest BCUT2D eigenvalue weighted by atomic mass is 9.95. The number of fused-ring (bicyclic) bond motifs is 5. The summed E-state index contributed by atoms with van der Waals surface area (Å²) in [6.07, 6.45) is 4.69. The predicted octanol–water partition coefficient (Wildman–Crippen LogP) is 4.14. The van der Waals surface area contributed by atoms with Crippen molar-refractivity contribution in [3.63, 3.8) is 0 Å². The Morgan fingerprint density at radius 3 is 2.65 bits per heavy atom. The highest BCUT2D eigenvalue weighted by atomic mass is 19.2. The van der Waals surface area contributed by atoms with Crippen LogP contribution in [0, 0.1) is 17.5 Å². The Labute approximate surface area is 244 Å². The summed E-state index contributed by atoms with van der Waals surface area (Å²) in [5.41, 5.74) is 4.90. The van der Waals surface area contributed by atoms with E-state index in [0.717, 1.165) is 38.3 Å². The normalized spacial score (nSPS) is 27.0. The minimum atomic E-state index is -1.17. The smallest absolute Gasteiger partial charge is 0.319 e. The van der Waals surface area contributed by atoms with Crippen LogP contribution < -0.4 is 20.7 Å². The molecule has 4 fully saturated rings. The molecule has 8 rings (SSSR count). The maximum atomic E-state index is 16.6.